The van der Waals surface area contributed by atoms with Crippen molar-refractivity contribution < 1.29 is 9.53 Å². The van der Waals surface area contributed by atoms with Gasteiger partial charge in [-0.1, -0.05) is 46.3 Å². The highest BCUT2D eigenvalue weighted by Crippen LogP contribution is 2.34. The first-order chi connectivity index (χ1) is 11.6. The lowest BCUT2D eigenvalue weighted by Crippen LogP contribution is -2.06. The largest absolute Gasteiger partial charge is 0.496 e. The fourth-order valence-corrected chi connectivity index (χ4v) is 2.83. The monoisotopic (exact) mass is 381 g/mol. The van der Waals surface area contributed by atoms with E-state index >= 15 is 0 Å². The number of halogens is 1. The van der Waals surface area contributed by atoms with Crippen LogP contribution >= 0.6 is 15.9 Å². The van der Waals surface area contributed by atoms with Gasteiger partial charge < -0.3 is 10.5 Å². The summed E-state index contributed by atoms with van der Waals surface area (Å²) in [6, 6.07) is 20.5. The molecule has 0 radical (unpaired) electrons. The highest BCUT2D eigenvalue weighted by atomic mass is 79.9. The molecule has 3 nitrogen and oxygen atoms in total. The van der Waals surface area contributed by atoms with Crippen LogP contribution in [0.15, 0.2) is 71.2 Å². The standard InChI is InChI=1S/C20H16BrNO2/c1-24-19-12-18(22)17(11-16(19)13-5-3-2-4-6-13)20(23)14-7-9-15(21)10-8-14/h2-12H,22H2,1H3. The van der Waals surface area contributed by atoms with Crippen LogP contribution in [0.3, 0.4) is 0 Å². The van der Waals surface area contributed by atoms with Crippen molar-refractivity contribution in [2.75, 3.05) is 12.8 Å². The maximum Gasteiger partial charge on any atom is 0.195 e. The summed E-state index contributed by atoms with van der Waals surface area (Å²) < 4.78 is 6.36. The zero-order valence-corrected chi connectivity index (χ0v) is 14.7. The minimum absolute atomic E-state index is 0.111. The molecule has 0 atom stereocenters. The minimum Gasteiger partial charge on any atom is -0.496 e. The second-order valence-electron chi connectivity index (χ2n) is 5.34. The molecule has 2 N–H and O–H groups in total. The van der Waals surface area contributed by atoms with Gasteiger partial charge in [-0.25, -0.2) is 0 Å². The van der Waals surface area contributed by atoms with Gasteiger partial charge >= 0.3 is 0 Å². The molecule has 0 aliphatic carbocycles. The maximum atomic E-state index is 12.8. The lowest BCUT2D eigenvalue weighted by Gasteiger charge is -2.13. The number of ether oxygens (including phenoxy) is 1. The van der Waals surface area contributed by atoms with Crippen LogP contribution in [0.2, 0.25) is 0 Å². The molecule has 0 amide bonds. The van der Waals surface area contributed by atoms with Crippen LogP contribution in [0.5, 0.6) is 5.75 Å². The zero-order chi connectivity index (χ0) is 17.1. The normalized spacial score (nSPS) is 10.4. The number of nitrogens with two attached hydrogens (primary N) is 1. The minimum atomic E-state index is -0.111. The number of ketones is 1. The molecule has 0 aliphatic rings. The summed E-state index contributed by atoms with van der Waals surface area (Å²) in [4.78, 5) is 12.8. The molecule has 3 aromatic rings. The summed E-state index contributed by atoms with van der Waals surface area (Å²) in [5.74, 6) is 0.533. The maximum absolute atomic E-state index is 12.8. The van der Waals surface area contributed by atoms with Crippen LogP contribution in [0, 0.1) is 0 Å². The molecule has 0 bridgehead atoms. The topological polar surface area (TPSA) is 52.3 Å². The SMILES string of the molecule is COc1cc(N)c(C(=O)c2ccc(Br)cc2)cc1-c1ccccc1. The number of carbonyl (C=O) groups is 1. The molecule has 3 aromatic carbocycles. The third-order valence-electron chi connectivity index (χ3n) is 3.81. The fraction of sp³-hybridized carbons (Fsp3) is 0.0500. The lowest BCUT2D eigenvalue weighted by molar-refractivity contribution is 0.103. The Morgan fingerprint density at radius 2 is 1.67 bits per heavy atom. The van der Waals surface area contributed by atoms with E-state index < -0.39 is 0 Å². The van der Waals surface area contributed by atoms with Crippen molar-refractivity contribution >= 4 is 27.4 Å². The first-order valence-electron chi connectivity index (χ1n) is 7.43. The predicted octanol–water partition coefficient (Wildman–Crippen LogP) is 4.94. The molecule has 3 rings (SSSR count). The van der Waals surface area contributed by atoms with E-state index in [-0.39, 0.29) is 5.78 Å². The molecule has 0 saturated carbocycles. The zero-order valence-electron chi connectivity index (χ0n) is 13.1. The average molecular weight is 382 g/mol. The first-order valence-corrected chi connectivity index (χ1v) is 8.22. The Labute approximate surface area is 149 Å². The van der Waals surface area contributed by atoms with Crippen molar-refractivity contribution in [1.29, 1.82) is 0 Å². The highest BCUT2D eigenvalue weighted by molar-refractivity contribution is 9.10. The quantitative estimate of drug-likeness (QED) is 0.514. The van der Waals surface area contributed by atoms with E-state index in [0.29, 0.717) is 22.6 Å². The molecule has 0 heterocycles. The summed E-state index contributed by atoms with van der Waals surface area (Å²) >= 11 is 3.37. The van der Waals surface area contributed by atoms with Crippen LogP contribution in [0.1, 0.15) is 15.9 Å². The van der Waals surface area contributed by atoms with Gasteiger partial charge in [-0.2, -0.15) is 0 Å². The second-order valence-corrected chi connectivity index (χ2v) is 6.26. The van der Waals surface area contributed by atoms with Gasteiger partial charge in [-0.15, -0.1) is 0 Å². The third-order valence-corrected chi connectivity index (χ3v) is 4.34. The Morgan fingerprint density at radius 1 is 1.00 bits per heavy atom. The van der Waals surface area contributed by atoms with Crippen molar-refractivity contribution in [1.82, 2.24) is 0 Å². The molecule has 4 heteroatoms. The van der Waals surface area contributed by atoms with Gasteiger partial charge in [0.05, 0.1) is 7.11 Å². The van der Waals surface area contributed by atoms with E-state index in [1.165, 1.54) is 0 Å². The van der Waals surface area contributed by atoms with Gasteiger partial charge in [0.15, 0.2) is 5.78 Å². The van der Waals surface area contributed by atoms with Crippen LogP contribution in [0.4, 0.5) is 5.69 Å². The van der Waals surface area contributed by atoms with Crippen LogP contribution in [-0.4, -0.2) is 12.9 Å². The van der Waals surface area contributed by atoms with Gasteiger partial charge in [0, 0.05) is 32.9 Å². The Morgan fingerprint density at radius 3 is 2.29 bits per heavy atom. The van der Waals surface area contributed by atoms with Crippen LogP contribution in [0.25, 0.3) is 11.1 Å². The Bertz CT molecular complexity index is 874. The summed E-state index contributed by atoms with van der Waals surface area (Å²) in [5, 5.41) is 0. The van der Waals surface area contributed by atoms with Gasteiger partial charge in [-0.3, -0.25) is 4.79 Å². The fourth-order valence-electron chi connectivity index (χ4n) is 2.56. The Hall–Kier alpha value is -2.59. The number of hydrogen-bond acceptors (Lipinski definition) is 3. The number of nitrogen functional groups attached to an aromatic ring is 1. The van der Waals surface area contributed by atoms with Crippen molar-refractivity contribution in [3.63, 3.8) is 0 Å². The van der Waals surface area contributed by atoms with Crippen molar-refractivity contribution in [2.24, 2.45) is 0 Å². The number of methoxy groups -OCH3 is 1. The molecule has 0 spiro atoms. The molecule has 24 heavy (non-hydrogen) atoms. The van der Waals surface area contributed by atoms with Gasteiger partial charge in [0.2, 0.25) is 0 Å². The molecule has 0 unspecified atom stereocenters. The molecule has 0 saturated heterocycles. The predicted molar refractivity (Wildman–Crippen MR) is 100 cm³/mol. The summed E-state index contributed by atoms with van der Waals surface area (Å²) in [6.07, 6.45) is 0. The van der Waals surface area contributed by atoms with E-state index in [0.717, 1.165) is 15.6 Å². The summed E-state index contributed by atoms with van der Waals surface area (Å²) in [5.41, 5.74) is 9.38. The third kappa shape index (κ3) is 3.19. The first kappa shape index (κ1) is 16.3. The smallest absolute Gasteiger partial charge is 0.195 e. The lowest BCUT2D eigenvalue weighted by atomic mass is 9.96. The number of benzene rings is 3. The molecule has 120 valence electrons. The van der Waals surface area contributed by atoms with E-state index in [4.69, 9.17) is 10.5 Å². The van der Waals surface area contributed by atoms with E-state index in [2.05, 4.69) is 15.9 Å². The van der Waals surface area contributed by atoms with E-state index in [9.17, 15) is 4.79 Å². The van der Waals surface area contributed by atoms with Crippen molar-refractivity contribution in [2.45, 2.75) is 0 Å². The molecular weight excluding hydrogens is 366 g/mol. The van der Waals surface area contributed by atoms with Gasteiger partial charge in [0.1, 0.15) is 5.75 Å². The molecular formula is C20H16BrNO2. The van der Waals surface area contributed by atoms with Gasteiger partial charge in [0.25, 0.3) is 0 Å². The second kappa shape index (κ2) is 6.89. The average Bonchev–Trinajstić information content (AvgIpc) is 2.62. The number of carbonyl (C=O) groups excluding carboxylic acids is 1. The van der Waals surface area contributed by atoms with Crippen molar-refractivity contribution in [3.05, 3.63) is 82.3 Å². The van der Waals surface area contributed by atoms with E-state index in [1.807, 2.05) is 42.5 Å². The Kier molecular flexibility index (Phi) is 4.67. The van der Waals surface area contributed by atoms with E-state index in [1.54, 1.807) is 31.4 Å². The number of rotatable bonds is 4. The molecule has 0 fully saturated rings. The highest BCUT2D eigenvalue weighted by Gasteiger charge is 2.17. The summed E-state index contributed by atoms with van der Waals surface area (Å²) in [6.45, 7) is 0. The molecule has 0 aliphatic heterocycles. The van der Waals surface area contributed by atoms with Crippen molar-refractivity contribution in [3.8, 4) is 16.9 Å². The summed E-state index contributed by atoms with van der Waals surface area (Å²) in [7, 11) is 1.59. The Balaban J connectivity index is 2.11. The van der Waals surface area contributed by atoms with Gasteiger partial charge in [-0.05, 0) is 35.9 Å². The molecule has 0 aromatic heterocycles. The number of anilines is 1. The van der Waals surface area contributed by atoms with Crippen LogP contribution < -0.4 is 10.5 Å². The number of hydrogen-bond donors (Lipinski definition) is 1. The van der Waals surface area contributed by atoms with Crippen LogP contribution in [-0.2, 0) is 0 Å².